The quantitative estimate of drug-likeness (QED) is 0.748. The number of hydrogen-bond donors (Lipinski definition) is 2. The first kappa shape index (κ1) is 21.9. The predicted molar refractivity (Wildman–Crippen MR) is 119 cm³/mol. The van der Waals surface area contributed by atoms with Crippen LogP contribution in [0.5, 0.6) is 0 Å². The van der Waals surface area contributed by atoms with E-state index < -0.39 is 24.0 Å². The summed E-state index contributed by atoms with van der Waals surface area (Å²) in [5.41, 5.74) is 4.53. The lowest BCUT2D eigenvalue weighted by Crippen LogP contribution is -2.52. The number of likely N-dealkylation sites (tertiary alicyclic amines) is 1. The molecule has 2 amide bonds. The molecule has 1 fully saturated rings. The number of carboxylic acid groups (broad SMARTS) is 1. The molecular formula is C25H28N2O5. The molecule has 7 heteroatoms. The molecule has 0 saturated carbocycles. The van der Waals surface area contributed by atoms with Gasteiger partial charge in [0.1, 0.15) is 12.6 Å². The van der Waals surface area contributed by atoms with Crippen molar-refractivity contribution in [3.63, 3.8) is 0 Å². The fourth-order valence-electron chi connectivity index (χ4n) is 4.74. The molecular weight excluding hydrogens is 408 g/mol. The minimum atomic E-state index is -0.896. The minimum Gasteiger partial charge on any atom is -0.481 e. The number of alkyl carbamates (subject to hydrolysis) is 1. The van der Waals surface area contributed by atoms with Gasteiger partial charge in [0.2, 0.25) is 5.91 Å². The SMILES string of the molecule is CC1CCN(C(=O)[C@@H](C)NC(=O)OCC2c3ccccc3-c3ccccc32)CC1C(=O)O. The van der Waals surface area contributed by atoms with Crippen molar-refractivity contribution in [2.75, 3.05) is 19.7 Å². The lowest BCUT2D eigenvalue weighted by Gasteiger charge is -2.36. The molecule has 2 aromatic carbocycles. The topological polar surface area (TPSA) is 95.9 Å². The molecule has 1 aliphatic heterocycles. The van der Waals surface area contributed by atoms with E-state index in [2.05, 4.69) is 17.4 Å². The van der Waals surface area contributed by atoms with Gasteiger partial charge in [-0.15, -0.1) is 0 Å². The Morgan fingerprint density at radius 1 is 1.09 bits per heavy atom. The zero-order valence-electron chi connectivity index (χ0n) is 18.3. The second kappa shape index (κ2) is 9.02. The van der Waals surface area contributed by atoms with Gasteiger partial charge in [-0.25, -0.2) is 4.79 Å². The molecule has 1 saturated heterocycles. The number of benzene rings is 2. The molecule has 0 radical (unpaired) electrons. The van der Waals surface area contributed by atoms with Gasteiger partial charge in [0.05, 0.1) is 5.92 Å². The van der Waals surface area contributed by atoms with Gasteiger partial charge in [-0.1, -0.05) is 55.5 Å². The fourth-order valence-corrected chi connectivity index (χ4v) is 4.74. The van der Waals surface area contributed by atoms with Crippen LogP contribution in [0.1, 0.15) is 37.3 Å². The van der Waals surface area contributed by atoms with Crippen LogP contribution in [0.2, 0.25) is 0 Å². The molecule has 4 rings (SSSR count). The monoisotopic (exact) mass is 436 g/mol. The molecule has 32 heavy (non-hydrogen) atoms. The van der Waals surface area contributed by atoms with Crippen molar-refractivity contribution in [1.82, 2.24) is 10.2 Å². The summed E-state index contributed by atoms with van der Waals surface area (Å²) in [7, 11) is 0. The zero-order valence-corrected chi connectivity index (χ0v) is 18.3. The van der Waals surface area contributed by atoms with E-state index in [1.165, 1.54) is 4.90 Å². The number of carbonyl (C=O) groups excluding carboxylic acids is 2. The Morgan fingerprint density at radius 3 is 2.28 bits per heavy atom. The van der Waals surface area contributed by atoms with Gasteiger partial charge in [-0.3, -0.25) is 9.59 Å². The van der Waals surface area contributed by atoms with Crippen LogP contribution < -0.4 is 5.32 Å². The Hall–Kier alpha value is -3.35. The van der Waals surface area contributed by atoms with Gasteiger partial charge in [-0.05, 0) is 41.5 Å². The molecule has 1 heterocycles. The first-order chi connectivity index (χ1) is 15.4. The molecule has 0 spiro atoms. The summed E-state index contributed by atoms with van der Waals surface area (Å²) in [6.45, 7) is 4.30. The summed E-state index contributed by atoms with van der Waals surface area (Å²) < 4.78 is 5.51. The number of aliphatic carboxylic acids is 1. The molecule has 7 nitrogen and oxygen atoms in total. The molecule has 1 aliphatic carbocycles. The molecule has 2 aliphatic rings. The predicted octanol–water partition coefficient (Wildman–Crippen LogP) is 3.48. The van der Waals surface area contributed by atoms with Crippen LogP contribution in [0.15, 0.2) is 48.5 Å². The molecule has 168 valence electrons. The summed E-state index contributed by atoms with van der Waals surface area (Å²) in [5.74, 6) is -1.82. The number of fused-ring (bicyclic) bond motifs is 3. The van der Waals surface area contributed by atoms with E-state index in [4.69, 9.17) is 4.74 Å². The summed E-state index contributed by atoms with van der Waals surface area (Å²) >= 11 is 0. The van der Waals surface area contributed by atoms with Crippen molar-refractivity contribution in [2.24, 2.45) is 11.8 Å². The fraction of sp³-hybridized carbons (Fsp3) is 0.400. The van der Waals surface area contributed by atoms with E-state index >= 15 is 0 Å². The highest BCUT2D eigenvalue weighted by molar-refractivity contribution is 5.86. The van der Waals surface area contributed by atoms with Crippen molar-refractivity contribution in [1.29, 1.82) is 0 Å². The highest BCUT2D eigenvalue weighted by atomic mass is 16.5. The van der Waals surface area contributed by atoms with Crippen LogP contribution in [0, 0.1) is 11.8 Å². The van der Waals surface area contributed by atoms with Crippen LogP contribution in [-0.2, 0) is 14.3 Å². The maximum absolute atomic E-state index is 12.8. The second-order valence-electron chi connectivity index (χ2n) is 8.69. The normalized spacial score (nSPS) is 20.8. The summed E-state index contributed by atoms with van der Waals surface area (Å²) in [6, 6.07) is 15.4. The first-order valence-electron chi connectivity index (χ1n) is 11.0. The van der Waals surface area contributed by atoms with Gasteiger partial charge >= 0.3 is 12.1 Å². The number of nitrogens with zero attached hydrogens (tertiary/aromatic N) is 1. The third-order valence-electron chi connectivity index (χ3n) is 6.64. The number of hydrogen-bond acceptors (Lipinski definition) is 4. The van der Waals surface area contributed by atoms with Crippen molar-refractivity contribution in [2.45, 2.75) is 32.2 Å². The lowest BCUT2D eigenvalue weighted by atomic mass is 9.87. The van der Waals surface area contributed by atoms with Crippen molar-refractivity contribution < 1.29 is 24.2 Å². The minimum absolute atomic E-state index is 0.0157. The smallest absolute Gasteiger partial charge is 0.407 e. The third kappa shape index (κ3) is 4.20. The Bertz CT molecular complexity index is 991. The Kier molecular flexibility index (Phi) is 6.17. The van der Waals surface area contributed by atoms with Gasteiger partial charge in [0.15, 0.2) is 0 Å². The number of carboxylic acids is 1. The molecule has 0 aromatic heterocycles. The lowest BCUT2D eigenvalue weighted by molar-refractivity contribution is -0.148. The highest BCUT2D eigenvalue weighted by Crippen LogP contribution is 2.44. The average Bonchev–Trinajstić information content (AvgIpc) is 3.11. The van der Waals surface area contributed by atoms with E-state index in [-0.39, 0.29) is 30.9 Å². The van der Waals surface area contributed by atoms with Crippen LogP contribution >= 0.6 is 0 Å². The maximum Gasteiger partial charge on any atom is 0.407 e. The molecule has 2 aromatic rings. The standard InChI is InChI=1S/C25H28N2O5/c1-15-11-12-27(13-21(15)24(29)30)23(28)16(2)26-25(31)32-14-22-19-9-5-3-7-17(19)18-8-4-6-10-20(18)22/h3-10,15-16,21-22H,11-14H2,1-2H3,(H,26,31)(H,29,30)/t15?,16-,21?/m1/s1. The summed E-state index contributed by atoms with van der Waals surface area (Å²) in [4.78, 5) is 38.2. The Labute approximate surface area is 187 Å². The van der Waals surface area contributed by atoms with E-state index in [1.807, 2.05) is 43.3 Å². The molecule has 2 unspecified atom stereocenters. The van der Waals surface area contributed by atoms with E-state index in [0.717, 1.165) is 22.3 Å². The first-order valence-corrected chi connectivity index (χ1v) is 11.0. The maximum atomic E-state index is 12.8. The Morgan fingerprint density at radius 2 is 1.69 bits per heavy atom. The number of amides is 2. The largest absolute Gasteiger partial charge is 0.481 e. The highest BCUT2D eigenvalue weighted by Gasteiger charge is 2.35. The van der Waals surface area contributed by atoms with Gasteiger partial charge < -0.3 is 20.1 Å². The van der Waals surface area contributed by atoms with E-state index in [1.54, 1.807) is 6.92 Å². The summed E-state index contributed by atoms with van der Waals surface area (Å²) in [5, 5.41) is 12.0. The number of carbonyl (C=O) groups is 3. The van der Waals surface area contributed by atoms with Crippen molar-refractivity contribution in [3.05, 3.63) is 59.7 Å². The summed E-state index contributed by atoms with van der Waals surface area (Å²) in [6.07, 6.45) is -0.0340. The van der Waals surface area contributed by atoms with Crippen molar-refractivity contribution >= 4 is 18.0 Å². The van der Waals surface area contributed by atoms with Gasteiger partial charge in [0, 0.05) is 19.0 Å². The average molecular weight is 437 g/mol. The van der Waals surface area contributed by atoms with Gasteiger partial charge in [0.25, 0.3) is 0 Å². The number of rotatable bonds is 5. The number of nitrogens with one attached hydrogen (secondary N) is 1. The van der Waals surface area contributed by atoms with Crippen LogP contribution in [0.25, 0.3) is 11.1 Å². The van der Waals surface area contributed by atoms with E-state index in [9.17, 15) is 19.5 Å². The van der Waals surface area contributed by atoms with E-state index in [0.29, 0.717) is 13.0 Å². The molecule has 3 atom stereocenters. The van der Waals surface area contributed by atoms with Crippen LogP contribution in [0.3, 0.4) is 0 Å². The van der Waals surface area contributed by atoms with Crippen molar-refractivity contribution in [3.8, 4) is 11.1 Å². The van der Waals surface area contributed by atoms with Crippen LogP contribution in [0.4, 0.5) is 4.79 Å². The molecule has 2 N–H and O–H groups in total. The third-order valence-corrected chi connectivity index (χ3v) is 6.64. The van der Waals surface area contributed by atoms with Crippen LogP contribution in [-0.4, -0.2) is 53.7 Å². The Balaban J connectivity index is 1.35. The number of ether oxygens (including phenoxy) is 1. The molecule has 0 bridgehead atoms. The number of piperidine rings is 1. The zero-order chi connectivity index (χ0) is 22.8. The second-order valence-corrected chi connectivity index (χ2v) is 8.69. The van der Waals surface area contributed by atoms with Gasteiger partial charge in [-0.2, -0.15) is 0 Å².